The van der Waals surface area contributed by atoms with Crippen LogP contribution in [0.2, 0.25) is 0 Å². The number of anilines is 1. The summed E-state index contributed by atoms with van der Waals surface area (Å²) in [6, 6.07) is 9.37. The molecule has 2 aromatic heterocycles. The highest BCUT2D eigenvalue weighted by molar-refractivity contribution is 9.10. The highest BCUT2D eigenvalue weighted by atomic mass is 79.9. The minimum Gasteiger partial charge on any atom is -0.353 e. The van der Waals surface area contributed by atoms with Gasteiger partial charge in [-0.25, -0.2) is 4.98 Å². The summed E-state index contributed by atoms with van der Waals surface area (Å²) in [7, 11) is 0. The zero-order valence-corrected chi connectivity index (χ0v) is 13.0. The second-order valence-corrected chi connectivity index (χ2v) is 5.74. The first-order chi connectivity index (χ1) is 10.2. The van der Waals surface area contributed by atoms with Gasteiger partial charge in [-0.05, 0) is 40.2 Å². The highest BCUT2D eigenvalue weighted by Gasteiger charge is 2.23. The van der Waals surface area contributed by atoms with Gasteiger partial charge < -0.3 is 9.80 Å². The van der Waals surface area contributed by atoms with Crippen LogP contribution in [0.1, 0.15) is 10.5 Å². The van der Waals surface area contributed by atoms with Crippen LogP contribution in [-0.2, 0) is 0 Å². The topological polar surface area (TPSA) is 49.3 Å². The number of halogens is 1. The number of hydrogen-bond donors (Lipinski definition) is 0. The van der Waals surface area contributed by atoms with E-state index in [0.717, 1.165) is 23.4 Å². The number of pyridine rings is 2. The molecule has 0 bridgehead atoms. The monoisotopic (exact) mass is 346 g/mol. The van der Waals surface area contributed by atoms with Gasteiger partial charge in [-0.15, -0.1) is 0 Å². The molecule has 1 saturated heterocycles. The molecule has 0 saturated carbocycles. The Bertz CT molecular complexity index is 609. The molecule has 3 heterocycles. The van der Waals surface area contributed by atoms with Gasteiger partial charge in [0.25, 0.3) is 5.91 Å². The maximum Gasteiger partial charge on any atom is 0.272 e. The molecule has 0 aliphatic carbocycles. The average Bonchev–Trinajstić information content (AvgIpc) is 2.56. The van der Waals surface area contributed by atoms with Gasteiger partial charge in [0.05, 0.1) is 0 Å². The molecule has 0 aromatic carbocycles. The smallest absolute Gasteiger partial charge is 0.272 e. The lowest BCUT2D eigenvalue weighted by Crippen LogP contribution is -2.49. The Labute approximate surface area is 131 Å². The molecule has 0 unspecified atom stereocenters. The van der Waals surface area contributed by atoms with Crippen LogP contribution in [0.15, 0.2) is 47.2 Å². The Morgan fingerprint density at radius 1 is 1.05 bits per heavy atom. The van der Waals surface area contributed by atoms with Gasteiger partial charge in [0.1, 0.15) is 11.5 Å². The number of hydrogen-bond acceptors (Lipinski definition) is 4. The summed E-state index contributed by atoms with van der Waals surface area (Å²) in [5.74, 6) is 0.946. The Kier molecular flexibility index (Phi) is 4.15. The minimum atomic E-state index is -0.000912. The molecule has 3 rings (SSSR count). The van der Waals surface area contributed by atoms with Crippen molar-refractivity contribution in [2.75, 3.05) is 31.1 Å². The predicted molar refractivity (Wildman–Crippen MR) is 84.3 cm³/mol. The lowest BCUT2D eigenvalue weighted by atomic mass is 10.2. The van der Waals surface area contributed by atoms with Crippen molar-refractivity contribution < 1.29 is 4.79 Å². The molecule has 0 atom stereocenters. The largest absolute Gasteiger partial charge is 0.353 e. The minimum absolute atomic E-state index is 0.000912. The van der Waals surface area contributed by atoms with Crippen LogP contribution in [0.4, 0.5) is 5.82 Å². The van der Waals surface area contributed by atoms with Gasteiger partial charge in [-0.2, -0.15) is 0 Å². The molecule has 0 radical (unpaired) electrons. The van der Waals surface area contributed by atoms with Crippen molar-refractivity contribution in [2.24, 2.45) is 0 Å². The molecule has 2 aromatic rings. The predicted octanol–water partition coefficient (Wildman–Crippen LogP) is 2.20. The van der Waals surface area contributed by atoms with Crippen LogP contribution >= 0.6 is 15.9 Å². The molecule has 21 heavy (non-hydrogen) atoms. The summed E-state index contributed by atoms with van der Waals surface area (Å²) in [5.41, 5.74) is 0.507. The van der Waals surface area contributed by atoms with Crippen LogP contribution in [0.5, 0.6) is 0 Å². The molecule has 5 nitrogen and oxygen atoms in total. The summed E-state index contributed by atoms with van der Waals surface area (Å²) in [6.07, 6.45) is 3.44. The molecular weight excluding hydrogens is 332 g/mol. The van der Waals surface area contributed by atoms with E-state index < -0.39 is 0 Å². The van der Waals surface area contributed by atoms with E-state index in [4.69, 9.17) is 0 Å². The van der Waals surface area contributed by atoms with Crippen LogP contribution < -0.4 is 4.90 Å². The van der Waals surface area contributed by atoms with Crippen LogP contribution in [0.3, 0.4) is 0 Å². The first-order valence-electron chi connectivity index (χ1n) is 6.81. The third-order valence-corrected chi connectivity index (χ3v) is 3.96. The van der Waals surface area contributed by atoms with Crippen LogP contribution in [0.25, 0.3) is 0 Å². The zero-order valence-electron chi connectivity index (χ0n) is 11.4. The van der Waals surface area contributed by atoms with Crippen molar-refractivity contribution in [2.45, 2.75) is 0 Å². The van der Waals surface area contributed by atoms with E-state index in [-0.39, 0.29) is 5.91 Å². The molecule has 1 amide bonds. The fourth-order valence-electron chi connectivity index (χ4n) is 2.34. The first-order valence-corrected chi connectivity index (χ1v) is 7.60. The van der Waals surface area contributed by atoms with Gasteiger partial charge in [0, 0.05) is 43.0 Å². The van der Waals surface area contributed by atoms with Gasteiger partial charge in [-0.1, -0.05) is 6.07 Å². The van der Waals surface area contributed by atoms with Crippen molar-refractivity contribution in [3.8, 4) is 0 Å². The second kappa shape index (κ2) is 6.22. The molecule has 108 valence electrons. The number of aromatic nitrogens is 2. The van der Waals surface area contributed by atoms with Crippen LogP contribution in [0, 0.1) is 0 Å². The van der Waals surface area contributed by atoms with E-state index >= 15 is 0 Å². The first kappa shape index (κ1) is 14.0. The zero-order chi connectivity index (χ0) is 14.7. The lowest BCUT2D eigenvalue weighted by Gasteiger charge is -2.35. The third-order valence-electron chi connectivity index (χ3n) is 3.49. The van der Waals surface area contributed by atoms with Gasteiger partial charge in [0.15, 0.2) is 0 Å². The molecule has 1 aliphatic rings. The van der Waals surface area contributed by atoms with E-state index in [9.17, 15) is 4.79 Å². The maximum absolute atomic E-state index is 12.3. The van der Waals surface area contributed by atoms with Gasteiger partial charge in [0.2, 0.25) is 0 Å². The number of piperazine rings is 1. The van der Waals surface area contributed by atoms with E-state index in [2.05, 4.69) is 30.8 Å². The number of rotatable bonds is 2. The fraction of sp³-hybridized carbons (Fsp3) is 0.267. The van der Waals surface area contributed by atoms with Crippen molar-refractivity contribution in [1.29, 1.82) is 0 Å². The van der Waals surface area contributed by atoms with Gasteiger partial charge in [-0.3, -0.25) is 9.78 Å². The normalized spacial score (nSPS) is 15.1. The highest BCUT2D eigenvalue weighted by Crippen LogP contribution is 2.17. The van der Waals surface area contributed by atoms with Crippen LogP contribution in [-0.4, -0.2) is 47.0 Å². The Hall–Kier alpha value is -1.95. The van der Waals surface area contributed by atoms with Crippen molar-refractivity contribution in [3.63, 3.8) is 0 Å². The van der Waals surface area contributed by atoms with E-state index in [0.29, 0.717) is 18.8 Å². The summed E-state index contributed by atoms with van der Waals surface area (Å²) in [6.45, 7) is 2.95. The SMILES string of the molecule is O=C(c1ccccn1)N1CCN(c2ccc(Br)cn2)CC1. The van der Waals surface area contributed by atoms with Crippen molar-refractivity contribution in [3.05, 3.63) is 52.9 Å². The number of carbonyl (C=O) groups excluding carboxylic acids is 1. The molecule has 0 spiro atoms. The Morgan fingerprint density at radius 3 is 2.48 bits per heavy atom. The maximum atomic E-state index is 12.3. The molecule has 6 heteroatoms. The lowest BCUT2D eigenvalue weighted by molar-refractivity contribution is 0.0740. The third kappa shape index (κ3) is 3.21. The molecular formula is C15H15BrN4O. The standard InChI is InChI=1S/C15H15BrN4O/c16-12-4-5-14(18-11-12)19-7-9-20(10-8-19)15(21)13-3-1-2-6-17-13/h1-6,11H,7-10H2. The average molecular weight is 347 g/mol. The number of carbonyl (C=O) groups is 1. The molecule has 1 fully saturated rings. The second-order valence-electron chi connectivity index (χ2n) is 4.83. The van der Waals surface area contributed by atoms with Gasteiger partial charge >= 0.3 is 0 Å². The summed E-state index contributed by atoms with van der Waals surface area (Å²) in [4.78, 5) is 24.9. The Morgan fingerprint density at radius 2 is 1.86 bits per heavy atom. The fourth-order valence-corrected chi connectivity index (χ4v) is 2.58. The summed E-state index contributed by atoms with van der Waals surface area (Å²) in [5, 5.41) is 0. The Balaban J connectivity index is 1.63. The van der Waals surface area contributed by atoms with Crippen molar-refractivity contribution >= 4 is 27.7 Å². The van der Waals surface area contributed by atoms with E-state index in [1.54, 1.807) is 18.5 Å². The number of amides is 1. The molecule has 1 aliphatic heterocycles. The summed E-state index contributed by atoms with van der Waals surface area (Å²) >= 11 is 3.38. The summed E-state index contributed by atoms with van der Waals surface area (Å²) < 4.78 is 0.968. The van der Waals surface area contributed by atoms with E-state index in [1.165, 1.54) is 0 Å². The van der Waals surface area contributed by atoms with Crippen molar-refractivity contribution in [1.82, 2.24) is 14.9 Å². The molecule has 0 N–H and O–H groups in total. The van der Waals surface area contributed by atoms with E-state index in [1.807, 2.05) is 29.2 Å². The number of nitrogens with zero attached hydrogens (tertiary/aromatic N) is 4. The quantitative estimate of drug-likeness (QED) is 0.836.